The maximum Gasteiger partial charge on any atom is 0.222 e. The maximum absolute atomic E-state index is 9.04. The molecular weight excluding hydrogens is 216 g/mol. The molecule has 0 amide bonds. The van der Waals surface area contributed by atoms with E-state index in [1.54, 1.807) is 12.1 Å². The van der Waals surface area contributed by atoms with Gasteiger partial charge in [-0.15, -0.1) is 0 Å². The summed E-state index contributed by atoms with van der Waals surface area (Å²) in [4.78, 5) is 8.37. The second kappa shape index (κ2) is 4.93. The molecule has 0 aliphatic carbocycles. The van der Waals surface area contributed by atoms with Crippen molar-refractivity contribution in [2.24, 2.45) is 0 Å². The van der Waals surface area contributed by atoms with Gasteiger partial charge in [-0.1, -0.05) is 12.1 Å². The van der Waals surface area contributed by atoms with Crippen LogP contribution in [-0.4, -0.2) is 15.1 Å². The van der Waals surface area contributed by atoms with E-state index in [4.69, 9.17) is 9.84 Å². The van der Waals surface area contributed by atoms with E-state index in [0.29, 0.717) is 17.5 Å². The summed E-state index contributed by atoms with van der Waals surface area (Å²) in [6.45, 7) is 3.72. The summed E-state index contributed by atoms with van der Waals surface area (Å²) in [7, 11) is 0. The average molecular weight is 230 g/mol. The van der Waals surface area contributed by atoms with Crippen molar-refractivity contribution in [3.05, 3.63) is 47.4 Å². The molecule has 0 bridgehead atoms. The van der Waals surface area contributed by atoms with Crippen LogP contribution < -0.4 is 4.74 Å². The molecule has 0 aliphatic rings. The minimum Gasteiger partial charge on any atom is -0.439 e. The van der Waals surface area contributed by atoms with Gasteiger partial charge in [0, 0.05) is 11.8 Å². The topological polar surface area (TPSA) is 55.2 Å². The van der Waals surface area contributed by atoms with Crippen LogP contribution in [0, 0.1) is 13.8 Å². The lowest BCUT2D eigenvalue weighted by Crippen LogP contribution is -1.95. The minimum atomic E-state index is -0.000963. The van der Waals surface area contributed by atoms with E-state index in [1.807, 2.05) is 32.0 Å². The van der Waals surface area contributed by atoms with Gasteiger partial charge in [-0.2, -0.15) is 4.98 Å². The molecule has 0 saturated heterocycles. The number of hydrogen-bond donors (Lipinski definition) is 1. The Balaban J connectivity index is 2.24. The van der Waals surface area contributed by atoms with Crippen molar-refractivity contribution in [2.45, 2.75) is 20.5 Å². The molecule has 17 heavy (non-hydrogen) atoms. The second-order valence-electron chi connectivity index (χ2n) is 3.80. The lowest BCUT2D eigenvalue weighted by Gasteiger charge is -2.07. The highest BCUT2D eigenvalue weighted by Crippen LogP contribution is 2.21. The molecule has 0 spiro atoms. The molecule has 0 atom stereocenters. The first-order valence-electron chi connectivity index (χ1n) is 5.37. The number of nitrogens with zero attached hydrogens (tertiary/aromatic N) is 2. The highest BCUT2D eigenvalue weighted by Gasteiger charge is 2.02. The van der Waals surface area contributed by atoms with Crippen LogP contribution in [0.1, 0.15) is 17.1 Å². The van der Waals surface area contributed by atoms with Gasteiger partial charge in [-0.25, -0.2) is 4.98 Å². The van der Waals surface area contributed by atoms with E-state index in [0.717, 1.165) is 11.3 Å². The normalized spacial score (nSPS) is 10.3. The first-order valence-corrected chi connectivity index (χ1v) is 5.37. The quantitative estimate of drug-likeness (QED) is 0.879. The molecule has 1 heterocycles. The largest absolute Gasteiger partial charge is 0.439 e. The van der Waals surface area contributed by atoms with Crippen molar-refractivity contribution in [2.75, 3.05) is 0 Å². The molecule has 0 saturated carbocycles. The second-order valence-corrected chi connectivity index (χ2v) is 3.80. The molecule has 88 valence electrons. The first kappa shape index (κ1) is 11.5. The van der Waals surface area contributed by atoms with Crippen LogP contribution in [0.4, 0.5) is 0 Å². The van der Waals surface area contributed by atoms with Crippen LogP contribution in [0.15, 0.2) is 30.3 Å². The third kappa shape index (κ3) is 3.01. The van der Waals surface area contributed by atoms with Crippen LogP contribution in [0.5, 0.6) is 11.6 Å². The van der Waals surface area contributed by atoms with Crippen LogP contribution >= 0.6 is 0 Å². The summed E-state index contributed by atoms with van der Waals surface area (Å²) in [6.07, 6.45) is 0. The van der Waals surface area contributed by atoms with Crippen LogP contribution in [0.2, 0.25) is 0 Å². The van der Waals surface area contributed by atoms with E-state index in [2.05, 4.69) is 9.97 Å². The molecule has 4 nitrogen and oxygen atoms in total. The highest BCUT2D eigenvalue weighted by molar-refractivity contribution is 5.31. The van der Waals surface area contributed by atoms with Crippen molar-refractivity contribution < 1.29 is 9.84 Å². The number of benzene rings is 1. The van der Waals surface area contributed by atoms with Gasteiger partial charge >= 0.3 is 0 Å². The standard InChI is InChI=1S/C13H14N2O2/c1-9-6-13(15-10(2)14-9)17-12-5-3-4-11(7-12)8-16/h3-7,16H,8H2,1-2H3. The Morgan fingerprint density at radius 2 is 2.00 bits per heavy atom. The van der Waals surface area contributed by atoms with Gasteiger partial charge in [0.05, 0.1) is 6.61 Å². The van der Waals surface area contributed by atoms with Gasteiger partial charge in [0.25, 0.3) is 0 Å². The molecule has 1 aromatic carbocycles. The van der Waals surface area contributed by atoms with Crippen molar-refractivity contribution in [1.82, 2.24) is 9.97 Å². The smallest absolute Gasteiger partial charge is 0.222 e. The van der Waals surface area contributed by atoms with Crippen molar-refractivity contribution in [3.8, 4) is 11.6 Å². The maximum atomic E-state index is 9.04. The Bertz CT molecular complexity index is 506. The van der Waals surface area contributed by atoms with E-state index in [1.165, 1.54) is 0 Å². The van der Waals surface area contributed by atoms with Crippen molar-refractivity contribution in [1.29, 1.82) is 0 Å². The zero-order valence-electron chi connectivity index (χ0n) is 9.84. The van der Waals surface area contributed by atoms with Crippen LogP contribution in [0.3, 0.4) is 0 Å². The predicted molar refractivity (Wildman–Crippen MR) is 63.9 cm³/mol. The van der Waals surface area contributed by atoms with Gasteiger partial charge in [0.1, 0.15) is 11.6 Å². The fourth-order valence-corrected chi connectivity index (χ4v) is 1.56. The van der Waals surface area contributed by atoms with Gasteiger partial charge in [-0.3, -0.25) is 0 Å². The van der Waals surface area contributed by atoms with Crippen molar-refractivity contribution >= 4 is 0 Å². The third-order valence-electron chi connectivity index (χ3n) is 2.25. The Morgan fingerprint density at radius 1 is 1.18 bits per heavy atom. The molecule has 0 unspecified atom stereocenters. The summed E-state index contributed by atoms with van der Waals surface area (Å²) in [5, 5.41) is 9.04. The zero-order chi connectivity index (χ0) is 12.3. The monoisotopic (exact) mass is 230 g/mol. The van der Waals surface area contributed by atoms with Gasteiger partial charge in [0.2, 0.25) is 5.88 Å². The Morgan fingerprint density at radius 3 is 2.71 bits per heavy atom. The third-order valence-corrected chi connectivity index (χ3v) is 2.25. The Kier molecular flexibility index (Phi) is 3.35. The van der Waals surface area contributed by atoms with Crippen LogP contribution in [0.25, 0.3) is 0 Å². The van der Waals surface area contributed by atoms with E-state index >= 15 is 0 Å². The highest BCUT2D eigenvalue weighted by atomic mass is 16.5. The molecule has 2 rings (SSSR count). The number of hydrogen-bond acceptors (Lipinski definition) is 4. The van der Waals surface area contributed by atoms with Gasteiger partial charge in [0.15, 0.2) is 0 Å². The molecule has 0 aliphatic heterocycles. The number of rotatable bonds is 3. The lowest BCUT2D eigenvalue weighted by molar-refractivity contribution is 0.281. The Hall–Kier alpha value is -1.94. The molecule has 0 radical (unpaired) electrons. The molecule has 2 aromatic rings. The van der Waals surface area contributed by atoms with E-state index in [-0.39, 0.29) is 6.61 Å². The molecule has 0 fully saturated rings. The summed E-state index contributed by atoms with van der Waals surface area (Å²) in [5.74, 6) is 1.86. The van der Waals surface area contributed by atoms with Crippen molar-refractivity contribution in [3.63, 3.8) is 0 Å². The summed E-state index contributed by atoms with van der Waals surface area (Å²) < 4.78 is 5.62. The molecular formula is C13H14N2O2. The number of aliphatic hydroxyl groups is 1. The number of aliphatic hydroxyl groups excluding tert-OH is 1. The zero-order valence-corrected chi connectivity index (χ0v) is 9.84. The number of aromatic nitrogens is 2. The fourth-order valence-electron chi connectivity index (χ4n) is 1.56. The number of ether oxygens (including phenoxy) is 1. The SMILES string of the molecule is Cc1cc(Oc2cccc(CO)c2)nc(C)n1. The summed E-state index contributed by atoms with van der Waals surface area (Å²) in [5.41, 5.74) is 1.68. The lowest BCUT2D eigenvalue weighted by atomic mass is 10.2. The van der Waals surface area contributed by atoms with E-state index < -0.39 is 0 Å². The average Bonchev–Trinajstić information content (AvgIpc) is 2.28. The summed E-state index contributed by atoms with van der Waals surface area (Å²) >= 11 is 0. The summed E-state index contributed by atoms with van der Waals surface area (Å²) in [6, 6.07) is 9.06. The molecule has 1 N–H and O–H groups in total. The fraction of sp³-hybridized carbons (Fsp3) is 0.231. The van der Waals surface area contributed by atoms with E-state index in [9.17, 15) is 0 Å². The van der Waals surface area contributed by atoms with Gasteiger partial charge in [-0.05, 0) is 31.5 Å². The predicted octanol–water partition coefficient (Wildman–Crippen LogP) is 2.38. The van der Waals surface area contributed by atoms with Crippen LogP contribution in [-0.2, 0) is 6.61 Å². The molecule has 4 heteroatoms. The van der Waals surface area contributed by atoms with Gasteiger partial charge < -0.3 is 9.84 Å². The number of aryl methyl sites for hydroxylation is 2. The molecule has 1 aromatic heterocycles. The minimum absolute atomic E-state index is 0.000963. The first-order chi connectivity index (χ1) is 8.17. The Labute approximate surface area is 99.9 Å².